The molecule has 0 fully saturated rings. The standard InChI is InChI=1S/C15H18N2O2/c1-3-15(2)13-10(8-12(17-15)14(18)19)9-6-4-5-7-11(9)16-13/h4-7,12,16-17H,3,8H2,1-2H3,(H,18,19)/t12-,15-/m1/s1. The maximum atomic E-state index is 11.3. The molecule has 2 atom stereocenters. The predicted molar refractivity (Wildman–Crippen MR) is 70.4 cm³/mol. The topological polar surface area (TPSA) is 72.5 Å². The number of hydrogen-bond acceptors (Lipinski definition) is 2. The summed E-state index contributed by atoms with van der Waals surface area (Å²) in [6.07, 6.45) is 1.40. The van der Waals surface area contributed by atoms with Crippen LogP contribution in [-0.2, 0) is 16.8 Å². The van der Waals surface area contributed by atoms with E-state index in [0.29, 0.717) is 6.42 Å². The molecule has 4 heteroatoms. The molecular weight excluding hydrogens is 240 g/mol. The first kappa shape index (κ1) is 12.2. The number of fused-ring (bicyclic) bond motifs is 3. The molecule has 4 nitrogen and oxygen atoms in total. The summed E-state index contributed by atoms with van der Waals surface area (Å²) in [6, 6.07) is 7.58. The van der Waals surface area contributed by atoms with Crippen molar-refractivity contribution in [1.82, 2.24) is 4.98 Å². The Morgan fingerprint density at radius 2 is 2.26 bits per heavy atom. The molecule has 1 aliphatic rings. The second-order valence-electron chi connectivity index (χ2n) is 5.59. The van der Waals surface area contributed by atoms with E-state index >= 15 is 0 Å². The summed E-state index contributed by atoms with van der Waals surface area (Å²) in [5, 5.41) is 14.3. The van der Waals surface area contributed by atoms with Crippen LogP contribution in [0.25, 0.3) is 10.9 Å². The third-order valence-electron chi connectivity index (χ3n) is 4.42. The third-order valence-corrected chi connectivity index (χ3v) is 4.42. The minimum atomic E-state index is -0.976. The average Bonchev–Trinajstić information content (AvgIpc) is 2.78. The van der Waals surface area contributed by atoms with E-state index in [0.717, 1.165) is 28.6 Å². The molecule has 0 saturated heterocycles. The number of carbonyl (C=O) groups is 1. The first-order chi connectivity index (χ1) is 9.05. The van der Waals surface area contributed by atoms with Crippen LogP contribution in [0.2, 0.25) is 0 Å². The molecule has 19 heavy (non-hydrogen) atoms. The number of aromatic amines is 1. The van der Waals surface area contributed by atoms with Crippen molar-refractivity contribution in [3.8, 4) is 0 Å². The smallest absolute Gasteiger partial charge is 0.134 e. The molecule has 3 rings (SSSR count). The van der Waals surface area contributed by atoms with Crippen LogP contribution >= 0.6 is 0 Å². The zero-order valence-electron chi connectivity index (χ0n) is 11.2. The highest BCUT2D eigenvalue weighted by Gasteiger charge is 2.41. The minimum Gasteiger partial charge on any atom is -0.544 e. The number of nitrogens with two attached hydrogens (primary N) is 1. The van der Waals surface area contributed by atoms with Gasteiger partial charge in [0.25, 0.3) is 0 Å². The summed E-state index contributed by atoms with van der Waals surface area (Å²) in [5.74, 6) is -0.976. The minimum absolute atomic E-state index is 0.225. The van der Waals surface area contributed by atoms with Crippen LogP contribution in [0.1, 0.15) is 31.5 Å². The van der Waals surface area contributed by atoms with Crippen molar-refractivity contribution < 1.29 is 15.2 Å². The normalized spacial score (nSPS) is 26.3. The van der Waals surface area contributed by atoms with E-state index < -0.39 is 12.0 Å². The number of quaternary nitrogens is 1. The fraction of sp³-hybridized carbons (Fsp3) is 0.400. The first-order valence-corrected chi connectivity index (χ1v) is 6.72. The molecule has 1 aliphatic heterocycles. The second-order valence-corrected chi connectivity index (χ2v) is 5.59. The molecule has 2 aromatic rings. The van der Waals surface area contributed by atoms with Crippen molar-refractivity contribution >= 4 is 16.9 Å². The van der Waals surface area contributed by atoms with Gasteiger partial charge in [-0.25, -0.2) is 0 Å². The van der Waals surface area contributed by atoms with Gasteiger partial charge in [-0.1, -0.05) is 25.1 Å². The van der Waals surface area contributed by atoms with Gasteiger partial charge in [0.2, 0.25) is 0 Å². The number of carboxylic acids is 1. The zero-order chi connectivity index (χ0) is 13.6. The van der Waals surface area contributed by atoms with Crippen molar-refractivity contribution in [2.24, 2.45) is 0 Å². The Labute approximate surface area is 111 Å². The highest BCUT2D eigenvalue weighted by Crippen LogP contribution is 2.33. The molecule has 0 bridgehead atoms. The molecule has 2 heterocycles. The van der Waals surface area contributed by atoms with Crippen molar-refractivity contribution in [2.75, 3.05) is 0 Å². The number of hydrogen-bond donors (Lipinski definition) is 2. The van der Waals surface area contributed by atoms with E-state index in [-0.39, 0.29) is 5.54 Å². The van der Waals surface area contributed by atoms with Crippen LogP contribution < -0.4 is 10.4 Å². The Bertz CT molecular complexity index is 647. The maximum Gasteiger partial charge on any atom is 0.134 e. The van der Waals surface area contributed by atoms with Gasteiger partial charge in [-0.05, 0) is 18.6 Å². The number of rotatable bonds is 2. The van der Waals surface area contributed by atoms with E-state index in [1.165, 1.54) is 0 Å². The SMILES string of the molecule is CC[C@@]1(C)[NH2+][C@@H](C(=O)[O-])Cc2c1[nH]c1ccccc21. The molecule has 1 aromatic carbocycles. The number of carbonyl (C=O) groups excluding carboxylic acids is 1. The molecule has 3 N–H and O–H groups in total. The summed E-state index contributed by atoms with van der Waals surface area (Å²) in [6.45, 7) is 4.18. The second kappa shape index (κ2) is 4.10. The summed E-state index contributed by atoms with van der Waals surface area (Å²) < 4.78 is 0. The number of H-pyrrole nitrogens is 1. The molecule has 0 unspecified atom stereocenters. The summed E-state index contributed by atoms with van der Waals surface area (Å²) in [7, 11) is 0. The number of carboxylic acid groups (broad SMARTS) is 1. The van der Waals surface area contributed by atoms with Gasteiger partial charge in [0.05, 0.1) is 11.7 Å². The van der Waals surface area contributed by atoms with Gasteiger partial charge in [-0.3, -0.25) is 0 Å². The maximum absolute atomic E-state index is 11.3. The van der Waals surface area contributed by atoms with Crippen molar-refractivity contribution in [1.29, 1.82) is 0 Å². The van der Waals surface area contributed by atoms with E-state index in [2.05, 4.69) is 24.9 Å². The lowest BCUT2D eigenvalue weighted by atomic mass is 9.83. The Hall–Kier alpha value is -1.81. The third kappa shape index (κ3) is 1.75. The predicted octanol–water partition coefficient (Wildman–Crippen LogP) is 0.0311. The number of aromatic nitrogens is 1. The highest BCUT2D eigenvalue weighted by molar-refractivity contribution is 5.86. The molecule has 0 radical (unpaired) electrons. The Balaban J connectivity index is 2.23. The Morgan fingerprint density at radius 3 is 2.95 bits per heavy atom. The molecule has 0 spiro atoms. The largest absolute Gasteiger partial charge is 0.544 e. The fourth-order valence-electron chi connectivity index (χ4n) is 3.15. The van der Waals surface area contributed by atoms with Crippen LogP contribution in [0.15, 0.2) is 24.3 Å². The van der Waals surface area contributed by atoms with Crippen molar-refractivity contribution in [3.05, 3.63) is 35.5 Å². The van der Waals surface area contributed by atoms with Crippen LogP contribution in [0.4, 0.5) is 0 Å². The van der Waals surface area contributed by atoms with Crippen LogP contribution in [-0.4, -0.2) is 17.0 Å². The van der Waals surface area contributed by atoms with Crippen molar-refractivity contribution in [2.45, 2.75) is 38.3 Å². The Morgan fingerprint density at radius 1 is 1.53 bits per heavy atom. The van der Waals surface area contributed by atoms with E-state index in [4.69, 9.17) is 0 Å². The van der Waals surface area contributed by atoms with Gasteiger partial charge in [-0.2, -0.15) is 0 Å². The first-order valence-electron chi connectivity index (χ1n) is 6.72. The van der Waals surface area contributed by atoms with Crippen LogP contribution in [0.5, 0.6) is 0 Å². The number of para-hydroxylation sites is 1. The highest BCUT2D eigenvalue weighted by atomic mass is 16.4. The quantitative estimate of drug-likeness (QED) is 0.797. The van der Waals surface area contributed by atoms with Gasteiger partial charge in [0, 0.05) is 23.7 Å². The fourth-order valence-corrected chi connectivity index (χ4v) is 3.15. The molecule has 100 valence electrons. The molecular formula is C15H18N2O2. The monoisotopic (exact) mass is 258 g/mol. The molecule has 0 saturated carbocycles. The van der Waals surface area contributed by atoms with Crippen LogP contribution in [0, 0.1) is 0 Å². The Kier molecular flexibility index (Phi) is 2.64. The summed E-state index contributed by atoms with van der Waals surface area (Å²) >= 11 is 0. The lowest BCUT2D eigenvalue weighted by molar-refractivity contribution is -0.760. The zero-order valence-corrected chi connectivity index (χ0v) is 11.2. The van der Waals surface area contributed by atoms with Gasteiger partial charge in [-0.15, -0.1) is 0 Å². The van der Waals surface area contributed by atoms with E-state index in [1.807, 2.05) is 23.5 Å². The molecule has 0 amide bonds. The number of nitrogens with one attached hydrogen (secondary N) is 1. The summed E-state index contributed by atoms with van der Waals surface area (Å²) in [5.41, 5.74) is 3.15. The van der Waals surface area contributed by atoms with E-state index in [9.17, 15) is 9.90 Å². The number of aliphatic carboxylic acids is 1. The van der Waals surface area contributed by atoms with Gasteiger partial charge >= 0.3 is 0 Å². The van der Waals surface area contributed by atoms with Crippen LogP contribution in [0.3, 0.4) is 0 Å². The molecule has 1 aromatic heterocycles. The van der Waals surface area contributed by atoms with Gasteiger partial charge < -0.3 is 20.2 Å². The molecule has 0 aliphatic carbocycles. The van der Waals surface area contributed by atoms with Gasteiger partial charge in [0.1, 0.15) is 11.6 Å². The lowest BCUT2D eigenvalue weighted by Gasteiger charge is -2.36. The van der Waals surface area contributed by atoms with Crippen molar-refractivity contribution in [3.63, 3.8) is 0 Å². The average molecular weight is 258 g/mol. The van der Waals surface area contributed by atoms with Gasteiger partial charge in [0.15, 0.2) is 0 Å². The van der Waals surface area contributed by atoms with E-state index in [1.54, 1.807) is 0 Å². The number of benzene rings is 1. The summed E-state index contributed by atoms with van der Waals surface area (Å²) in [4.78, 5) is 14.7. The lowest BCUT2D eigenvalue weighted by Crippen LogP contribution is -3.02.